The van der Waals surface area contributed by atoms with Crippen molar-refractivity contribution in [1.29, 1.82) is 0 Å². The van der Waals surface area contributed by atoms with Crippen molar-refractivity contribution >= 4 is 0 Å². The van der Waals surface area contributed by atoms with E-state index in [9.17, 15) is 5.11 Å². The normalized spacial score (nSPS) is 15.4. The van der Waals surface area contributed by atoms with Crippen LogP contribution < -0.4 is 0 Å². The molecule has 0 saturated carbocycles. The Hall–Kier alpha value is -0.0800. The Balaban J connectivity index is 3.31. The lowest BCUT2D eigenvalue weighted by molar-refractivity contribution is 0.0764. The summed E-state index contributed by atoms with van der Waals surface area (Å²) in [6, 6.07) is 0.278. The number of rotatable bonds is 10. The lowest BCUT2D eigenvalue weighted by atomic mass is 10.0. The molecule has 0 bridgehead atoms. The molecule has 0 aromatic heterocycles. The number of aliphatic hydroxyl groups excluding tert-OH is 1. The molecule has 2 unspecified atom stereocenters. The molecule has 2 atom stereocenters. The zero-order valence-electron chi connectivity index (χ0n) is 11.7. The predicted molar refractivity (Wildman–Crippen MR) is 71.8 cm³/mol. The van der Waals surface area contributed by atoms with Gasteiger partial charge in [0.25, 0.3) is 0 Å². The quantitative estimate of drug-likeness (QED) is 0.580. The molecule has 0 heterocycles. The van der Waals surface area contributed by atoms with Crippen LogP contribution in [0.15, 0.2) is 0 Å². The van der Waals surface area contributed by atoms with Gasteiger partial charge in [-0.05, 0) is 27.4 Å². The highest BCUT2D eigenvalue weighted by Crippen LogP contribution is 2.12. The minimum atomic E-state index is -0.161. The maximum absolute atomic E-state index is 9.89. The summed E-state index contributed by atoms with van der Waals surface area (Å²) >= 11 is 0. The number of likely N-dealkylation sites (N-methyl/N-ethyl adjacent to an activating group) is 1. The molecule has 0 aromatic rings. The number of hydrogen-bond acceptors (Lipinski definition) is 2. The van der Waals surface area contributed by atoms with Gasteiger partial charge in [0.05, 0.1) is 6.10 Å². The minimum absolute atomic E-state index is 0.161. The average Bonchev–Trinajstić information content (AvgIpc) is 2.26. The maximum Gasteiger partial charge on any atom is 0.0692 e. The Labute approximate surface area is 102 Å². The first kappa shape index (κ1) is 15.9. The third-order valence-electron chi connectivity index (χ3n) is 3.47. The van der Waals surface area contributed by atoms with Gasteiger partial charge in [-0.15, -0.1) is 0 Å². The number of unbranched alkanes of at least 4 members (excludes halogenated alkanes) is 6. The summed E-state index contributed by atoms with van der Waals surface area (Å²) in [5, 5.41) is 9.89. The molecule has 0 aromatic carbocycles. The Morgan fingerprint density at radius 1 is 0.938 bits per heavy atom. The summed E-state index contributed by atoms with van der Waals surface area (Å²) in [6.07, 6.45) is 10.0. The molecule has 0 fully saturated rings. The molecule has 2 nitrogen and oxygen atoms in total. The maximum atomic E-state index is 9.89. The van der Waals surface area contributed by atoms with Crippen molar-refractivity contribution in [2.24, 2.45) is 0 Å². The molecule has 0 aliphatic heterocycles. The standard InChI is InChI=1S/C14H31NO/c1-5-6-7-8-9-10-11-12-14(16)13(2)15(3)4/h13-14,16H,5-12H2,1-4H3. The molecule has 0 saturated heterocycles. The van der Waals surface area contributed by atoms with Gasteiger partial charge in [-0.1, -0.05) is 51.9 Å². The lowest BCUT2D eigenvalue weighted by Crippen LogP contribution is -2.36. The van der Waals surface area contributed by atoms with Crippen LogP contribution in [0.3, 0.4) is 0 Å². The molecule has 2 heteroatoms. The van der Waals surface area contributed by atoms with Crippen LogP contribution >= 0.6 is 0 Å². The van der Waals surface area contributed by atoms with Gasteiger partial charge in [-0.2, -0.15) is 0 Å². The first-order chi connectivity index (χ1) is 7.59. The highest BCUT2D eigenvalue weighted by molar-refractivity contribution is 4.70. The van der Waals surface area contributed by atoms with Gasteiger partial charge in [-0.3, -0.25) is 0 Å². The first-order valence-electron chi connectivity index (χ1n) is 6.94. The highest BCUT2D eigenvalue weighted by Gasteiger charge is 2.14. The molecule has 1 N–H and O–H groups in total. The topological polar surface area (TPSA) is 23.5 Å². The van der Waals surface area contributed by atoms with Gasteiger partial charge < -0.3 is 10.0 Å². The zero-order valence-corrected chi connectivity index (χ0v) is 11.7. The monoisotopic (exact) mass is 229 g/mol. The van der Waals surface area contributed by atoms with Gasteiger partial charge >= 0.3 is 0 Å². The Morgan fingerprint density at radius 2 is 1.44 bits per heavy atom. The Kier molecular flexibility index (Phi) is 10.0. The summed E-state index contributed by atoms with van der Waals surface area (Å²) in [6.45, 7) is 4.34. The van der Waals surface area contributed by atoms with E-state index in [1.807, 2.05) is 14.1 Å². The third-order valence-corrected chi connectivity index (χ3v) is 3.47. The van der Waals surface area contributed by atoms with Crippen molar-refractivity contribution in [1.82, 2.24) is 4.90 Å². The van der Waals surface area contributed by atoms with E-state index in [0.717, 1.165) is 6.42 Å². The Bertz CT molecular complexity index is 148. The molecule has 98 valence electrons. The largest absolute Gasteiger partial charge is 0.392 e. The minimum Gasteiger partial charge on any atom is -0.392 e. The molecular formula is C14H31NO. The molecule has 0 aliphatic carbocycles. The van der Waals surface area contributed by atoms with Gasteiger partial charge in [-0.25, -0.2) is 0 Å². The van der Waals surface area contributed by atoms with Crippen molar-refractivity contribution < 1.29 is 5.11 Å². The first-order valence-corrected chi connectivity index (χ1v) is 6.94. The van der Waals surface area contributed by atoms with Gasteiger partial charge in [0.15, 0.2) is 0 Å². The van der Waals surface area contributed by atoms with Crippen LogP contribution in [0.1, 0.15) is 65.2 Å². The average molecular weight is 229 g/mol. The molecule has 16 heavy (non-hydrogen) atoms. The summed E-state index contributed by atoms with van der Waals surface area (Å²) in [4.78, 5) is 2.09. The number of hydrogen-bond donors (Lipinski definition) is 1. The van der Waals surface area contributed by atoms with Crippen molar-refractivity contribution in [3.8, 4) is 0 Å². The fourth-order valence-corrected chi connectivity index (χ4v) is 1.90. The van der Waals surface area contributed by atoms with Crippen LogP contribution in [0.5, 0.6) is 0 Å². The van der Waals surface area contributed by atoms with Crippen LogP contribution in [0, 0.1) is 0 Å². The van der Waals surface area contributed by atoms with Crippen LogP contribution in [-0.2, 0) is 0 Å². The molecule has 0 radical (unpaired) electrons. The number of nitrogens with zero attached hydrogens (tertiary/aromatic N) is 1. The van der Waals surface area contributed by atoms with Crippen LogP contribution in [-0.4, -0.2) is 36.2 Å². The summed E-state index contributed by atoms with van der Waals surface area (Å²) in [7, 11) is 4.05. The van der Waals surface area contributed by atoms with Gasteiger partial charge in [0.2, 0.25) is 0 Å². The van der Waals surface area contributed by atoms with Gasteiger partial charge in [0.1, 0.15) is 0 Å². The fraction of sp³-hybridized carbons (Fsp3) is 1.00. The van der Waals surface area contributed by atoms with Crippen molar-refractivity contribution in [3.63, 3.8) is 0 Å². The lowest BCUT2D eigenvalue weighted by Gasteiger charge is -2.25. The fourth-order valence-electron chi connectivity index (χ4n) is 1.90. The van der Waals surface area contributed by atoms with Crippen LogP contribution in [0.4, 0.5) is 0 Å². The van der Waals surface area contributed by atoms with Crippen LogP contribution in [0.2, 0.25) is 0 Å². The smallest absolute Gasteiger partial charge is 0.0692 e. The Morgan fingerprint density at radius 3 is 1.94 bits per heavy atom. The second kappa shape index (κ2) is 10.1. The number of aliphatic hydroxyl groups is 1. The van der Waals surface area contributed by atoms with E-state index >= 15 is 0 Å². The molecule has 0 rings (SSSR count). The highest BCUT2D eigenvalue weighted by atomic mass is 16.3. The van der Waals surface area contributed by atoms with Crippen molar-refractivity contribution in [2.45, 2.75) is 77.4 Å². The molecular weight excluding hydrogens is 198 g/mol. The van der Waals surface area contributed by atoms with E-state index in [1.54, 1.807) is 0 Å². The van der Waals surface area contributed by atoms with E-state index in [1.165, 1.54) is 44.9 Å². The molecule has 0 aliphatic rings. The van der Waals surface area contributed by atoms with Crippen molar-refractivity contribution in [2.75, 3.05) is 14.1 Å². The second-order valence-corrected chi connectivity index (χ2v) is 5.18. The van der Waals surface area contributed by atoms with Crippen molar-refractivity contribution in [3.05, 3.63) is 0 Å². The molecule has 0 spiro atoms. The SMILES string of the molecule is CCCCCCCCCC(O)C(C)N(C)C. The summed E-state index contributed by atoms with van der Waals surface area (Å²) in [5.74, 6) is 0. The van der Waals surface area contributed by atoms with E-state index in [4.69, 9.17) is 0 Å². The van der Waals surface area contributed by atoms with E-state index in [2.05, 4.69) is 18.7 Å². The molecule has 0 amide bonds. The van der Waals surface area contributed by atoms with E-state index in [0.29, 0.717) is 0 Å². The summed E-state index contributed by atoms with van der Waals surface area (Å²) < 4.78 is 0. The summed E-state index contributed by atoms with van der Waals surface area (Å²) in [5.41, 5.74) is 0. The van der Waals surface area contributed by atoms with E-state index < -0.39 is 0 Å². The predicted octanol–water partition coefficient (Wildman–Crippen LogP) is 3.44. The zero-order chi connectivity index (χ0) is 12.4. The third kappa shape index (κ3) is 8.12. The second-order valence-electron chi connectivity index (χ2n) is 5.18. The van der Waals surface area contributed by atoms with Gasteiger partial charge in [0, 0.05) is 6.04 Å². The van der Waals surface area contributed by atoms with E-state index in [-0.39, 0.29) is 12.1 Å². The van der Waals surface area contributed by atoms with Crippen LogP contribution in [0.25, 0.3) is 0 Å².